The van der Waals surface area contributed by atoms with Crippen LogP contribution in [-0.4, -0.2) is 26.7 Å². The Bertz CT molecular complexity index is 1830. The summed E-state index contributed by atoms with van der Waals surface area (Å²) in [5, 5.41) is 10.4. The van der Waals surface area contributed by atoms with Crippen molar-refractivity contribution in [2.75, 3.05) is 0 Å². The van der Waals surface area contributed by atoms with Gasteiger partial charge in [0.1, 0.15) is 11.6 Å². The van der Waals surface area contributed by atoms with E-state index in [1.165, 1.54) is 12.8 Å². The summed E-state index contributed by atoms with van der Waals surface area (Å²) in [7, 11) is 0. The van der Waals surface area contributed by atoms with Crippen LogP contribution in [0.25, 0.3) is 22.4 Å². The minimum absolute atomic E-state index is 0.258. The number of ether oxygens (including phenoxy) is 1. The Kier molecular flexibility index (Phi) is 9.77. The molecule has 6 rings (SSSR count). The topological polar surface area (TPSA) is 64.4 Å². The van der Waals surface area contributed by atoms with E-state index < -0.39 is 5.97 Å². The molecule has 0 saturated heterocycles. The number of imidazole rings is 1. The Morgan fingerprint density at radius 1 is 0.851 bits per heavy atom. The van der Waals surface area contributed by atoms with Crippen LogP contribution in [0.1, 0.15) is 73.8 Å². The lowest BCUT2D eigenvalue weighted by atomic mass is 9.72. The van der Waals surface area contributed by atoms with Gasteiger partial charge in [0.15, 0.2) is 0 Å². The lowest BCUT2D eigenvalue weighted by Crippen LogP contribution is -2.30. The summed E-state index contributed by atoms with van der Waals surface area (Å²) in [6, 6.07) is 29.4. The van der Waals surface area contributed by atoms with Crippen molar-refractivity contribution in [1.82, 2.24) is 9.55 Å². The summed E-state index contributed by atoms with van der Waals surface area (Å²) < 4.78 is 8.46. The highest BCUT2D eigenvalue weighted by Crippen LogP contribution is 2.39. The van der Waals surface area contributed by atoms with Crippen molar-refractivity contribution in [3.63, 3.8) is 0 Å². The molecular formula is C40H40Cl2N2O3. The molecule has 1 aliphatic carbocycles. The number of aromatic nitrogens is 2. The monoisotopic (exact) mass is 666 g/mol. The van der Waals surface area contributed by atoms with Gasteiger partial charge in [-0.05, 0) is 102 Å². The molecule has 7 heteroatoms. The van der Waals surface area contributed by atoms with E-state index >= 15 is 0 Å². The van der Waals surface area contributed by atoms with Crippen LogP contribution >= 0.6 is 23.2 Å². The number of carboxylic acids is 1. The molecule has 1 fully saturated rings. The molecule has 0 atom stereocenters. The molecule has 1 aromatic heterocycles. The SMILES string of the molecule is CC(C)(C)C1CCC(Oc2ccc(-c3ccc(Cc4nc(-c5ccc(Cl)cc5Cl)cn4Cc4ccc(C(=O)O)cc4)cc3)cc2)CC1. The lowest BCUT2D eigenvalue weighted by Gasteiger charge is -2.36. The zero-order chi connectivity index (χ0) is 33.1. The van der Waals surface area contributed by atoms with Crippen LogP contribution in [0.4, 0.5) is 0 Å². The largest absolute Gasteiger partial charge is 0.490 e. The van der Waals surface area contributed by atoms with Crippen molar-refractivity contribution in [2.24, 2.45) is 11.3 Å². The summed E-state index contributed by atoms with van der Waals surface area (Å²) in [6.07, 6.45) is 7.60. The zero-order valence-electron chi connectivity index (χ0n) is 27.0. The highest BCUT2D eigenvalue weighted by molar-refractivity contribution is 6.36. The first kappa shape index (κ1) is 32.9. The predicted molar refractivity (Wildman–Crippen MR) is 191 cm³/mol. The highest BCUT2D eigenvalue weighted by atomic mass is 35.5. The van der Waals surface area contributed by atoms with Crippen molar-refractivity contribution in [3.05, 3.63) is 130 Å². The number of hydrogen-bond donors (Lipinski definition) is 1. The quantitative estimate of drug-likeness (QED) is 0.170. The molecule has 5 nitrogen and oxygen atoms in total. The molecule has 0 spiro atoms. The van der Waals surface area contributed by atoms with Gasteiger partial charge < -0.3 is 14.4 Å². The van der Waals surface area contributed by atoms with Gasteiger partial charge in [-0.3, -0.25) is 0 Å². The molecule has 1 aliphatic rings. The molecule has 5 aromatic rings. The van der Waals surface area contributed by atoms with Crippen LogP contribution in [0.15, 0.2) is 97.2 Å². The van der Waals surface area contributed by atoms with Crippen molar-refractivity contribution in [1.29, 1.82) is 0 Å². The number of hydrogen-bond acceptors (Lipinski definition) is 3. The Balaban J connectivity index is 1.16. The summed E-state index contributed by atoms with van der Waals surface area (Å²) in [5.74, 6) is 1.64. The Morgan fingerprint density at radius 2 is 1.47 bits per heavy atom. The van der Waals surface area contributed by atoms with Crippen molar-refractivity contribution in [3.8, 4) is 28.1 Å². The number of carbonyl (C=O) groups is 1. The number of aromatic carboxylic acids is 1. The average molecular weight is 668 g/mol. The van der Waals surface area contributed by atoms with Crippen LogP contribution in [0, 0.1) is 11.3 Å². The highest BCUT2D eigenvalue weighted by Gasteiger charge is 2.30. The number of nitrogens with zero attached hydrogens (tertiary/aromatic N) is 2. The zero-order valence-corrected chi connectivity index (χ0v) is 28.6. The molecule has 4 aromatic carbocycles. The van der Waals surface area contributed by atoms with Gasteiger partial charge in [0.25, 0.3) is 0 Å². The Labute approximate surface area is 287 Å². The van der Waals surface area contributed by atoms with Gasteiger partial charge in [0.2, 0.25) is 0 Å². The fourth-order valence-electron chi connectivity index (χ4n) is 6.47. The summed E-state index contributed by atoms with van der Waals surface area (Å²) in [5.41, 5.74) is 6.57. The number of carboxylic acid groups (broad SMARTS) is 1. The molecule has 0 radical (unpaired) electrons. The van der Waals surface area contributed by atoms with Crippen LogP contribution in [-0.2, 0) is 13.0 Å². The molecular weight excluding hydrogens is 627 g/mol. The maximum atomic E-state index is 11.3. The first-order valence-electron chi connectivity index (χ1n) is 16.2. The Hall–Kier alpha value is -4.06. The molecule has 0 unspecified atom stereocenters. The third-order valence-electron chi connectivity index (χ3n) is 9.33. The van der Waals surface area contributed by atoms with Gasteiger partial charge in [-0.2, -0.15) is 0 Å². The normalized spacial score (nSPS) is 16.6. The molecule has 0 amide bonds. The van der Waals surface area contributed by atoms with Gasteiger partial charge in [0.05, 0.1) is 22.4 Å². The summed E-state index contributed by atoms with van der Waals surface area (Å²) in [6.45, 7) is 7.58. The summed E-state index contributed by atoms with van der Waals surface area (Å²) >= 11 is 12.7. The number of halogens is 2. The maximum Gasteiger partial charge on any atom is 0.335 e. The second-order valence-corrected chi connectivity index (χ2v) is 14.5. The van der Waals surface area contributed by atoms with E-state index in [9.17, 15) is 9.90 Å². The third kappa shape index (κ3) is 8.09. The molecule has 0 aliphatic heterocycles. The fourth-order valence-corrected chi connectivity index (χ4v) is 6.98. The van der Waals surface area contributed by atoms with E-state index in [2.05, 4.69) is 73.9 Å². The van der Waals surface area contributed by atoms with E-state index in [-0.39, 0.29) is 5.56 Å². The van der Waals surface area contributed by atoms with E-state index in [1.807, 2.05) is 30.5 Å². The van der Waals surface area contributed by atoms with Crippen LogP contribution in [0.5, 0.6) is 5.75 Å². The van der Waals surface area contributed by atoms with Gasteiger partial charge >= 0.3 is 5.97 Å². The lowest BCUT2D eigenvalue weighted by molar-refractivity contribution is 0.0696. The second-order valence-electron chi connectivity index (χ2n) is 13.7. The van der Waals surface area contributed by atoms with E-state index in [1.54, 1.807) is 18.2 Å². The van der Waals surface area contributed by atoms with Crippen molar-refractivity contribution >= 4 is 29.2 Å². The van der Waals surface area contributed by atoms with E-state index in [0.29, 0.717) is 34.5 Å². The first-order chi connectivity index (χ1) is 22.5. The van der Waals surface area contributed by atoms with Crippen LogP contribution in [0.2, 0.25) is 10.0 Å². The summed E-state index contributed by atoms with van der Waals surface area (Å²) in [4.78, 5) is 16.3. The molecule has 1 N–H and O–H groups in total. The van der Waals surface area contributed by atoms with E-state index in [4.69, 9.17) is 32.9 Å². The average Bonchev–Trinajstić information content (AvgIpc) is 3.43. The van der Waals surface area contributed by atoms with Gasteiger partial charge in [-0.15, -0.1) is 0 Å². The molecule has 1 saturated carbocycles. The minimum atomic E-state index is -0.943. The second kappa shape index (κ2) is 14.0. The van der Waals surface area contributed by atoms with Crippen molar-refractivity contribution in [2.45, 2.75) is 65.5 Å². The van der Waals surface area contributed by atoms with Crippen LogP contribution < -0.4 is 4.74 Å². The van der Waals surface area contributed by atoms with Gasteiger partial charge in [-0.1, -0.05) is 92.5 Å². The number of rotatable bonds is 9. The molecule has 1 heterocycles. The van der Waals surface area contributed by atoms with Crippen molar-refractivity contribution < 1.29 is 14.6 Å². The number of benzene rings is 4. The minimum Gasteiger partial charge on any atom is -0.490 e. The predicted octanol–water partition coefficient (Wildman–Crippen LogP) is 10.8. The smallest absolute Gasteiger partial charge is 0.335 e. The third-order valence-corrected chi connectivity index (χ3v) is 9.87. The molecule has 0 bridgehead atoms. The molecule has 242 valence electrons. The molecule has 47 heavy (non-hydrogen) atoms. The maximum absolute atomic E-state index is 11.3. The van der Waals surface area contributed by atoms with Gasteiger partial charge in [-0.25, -0.2) is 9.78 Å². The van der Waals surface area contributed by atoms with Gasteiger partial charge in [0, 0.05) is 29.7 Å². The fraction of sp³-hybridized carbons (Fsp3) is 0.300. The Morgan fingerprint density at radius 3 is 2.06 bits per heavy atom. The van der Waals surface area contributed by atoms with E-state index in [0.717, 1.165) is 63.8 Å². The standard InChI is InChI=1S/C40H40Cl2N2O3/c1-40(2,3)31-14-19-34(20-15-31)47-33-17-12-29(13-18-33)28-8-4-26(5-9-28)22-38-43-37(35-21-16-32(41)23-36(35)42)25-44(38)24-27-6-10-30(11-7-27)39(45)46/h4-13,16-18,21,23,25,31,34H,14-15,19-20,22,24H2,1-3H3,(H,45,46). The first-order valence-corrected chi connectivity index (χ1v) is 17.0. The van der Waals surface area contributed by atoms with Crippen LogP contribution in [0.3, 0.4) is 0 Å².